The third-order valence-electron chi connectivity index (χ3n) is 5.39. The lowest BCUT2D eigenvalue weighted by Gasteiger charge is -2.36. The second kappa shape index (κ2) is 8.17. The zero-order valence-electron chi connectivity index (χ0n) is 14.2. The van der Waals surface area contributed by atoms with E-state index < -0.39 is 0 Å². The zero-order chi connectivity index (χ0) is 15.2. The number of nitrogens with one attached hydrogen (secondary N) is 1. The number of unbranched alkanes of at least 4 members (excludes halogenated alkanes) is 1. The molecule has 1 heterocycles. The highest BCUT2D eigenvalue weighted by Gasteiger charge is 2.44. The molecule has 0 aromatic rings. The second-order valence-corrected chi connectivity index (χ2v) is 6.95. The largest absolute Gasteiger partial charge is 0.323 e. The normalized spacial score (nSPS) is 28.5. The highest BCUT2D eigenvalue weighted by molar-refractivity contribution is 5.84. The van der Waals surface area contributed by atoms with Crippen LogP contribution in [-0.4, -0.2) is 29.1 Å². The van der Waals surface area contributed by atoms with Gasteiger partial charge in [0.2, 0.25) is 5.91 Å². The Morgan fingerprint density at radius 1 is 1.14 bits per heavy atom. The molecule has 0 aromatic heterocycles. The van der Waals surface area contributed by atoms with Crippen LogP contribution in [0.1, 0.15) is 85.0 Å². The molecule has 1 aliphatic heterocycles. The summed E-state index contributed by atoms with van der Waals surface area (Å²) in [6.07, 6.45) is 12.5. The molecule has 2 aliphatic rings. The molecule has 21 heavy (non-hydrogen) atoms. The van der Waals surface area contributed by atoms with Crippen LogP contribution in [-0.2, 0) is 4.79 Å². The van der Waals surface area contributed by atoms with Gasteiger partial charge in [0, 0.05) is 6.04 Å². The average molecular weight is 294 g/mol. The topological polar surface area (TPSA) is 32.3 Å². The monoisotopic (exact) mass is 294 g/mol. The van der Waals surface area contributed by atoms with E-state index in [2.05, 4.69) is 31.0 Å². The lowest BCUT2D eigenvalue weighted by molar-refractivity contribution is -0.133. The quantitative estimate of drug-likeness (QED) is 0.732. The molecule has 1 saturated heterocycles. The molecule has 3 unspecified atom stereocenters. The van der Waals surface area contributed by atoms with E-state index >= 15 is 0 Å². The van der Waals surface area contributed by atoms with E-state index in [0.29, 0.717) is 24.0 Å². The molecule has 0 aromatic carbocycles. The fraction of sp³-hybridized carbons (Fsp3) is 0.944. The van der Waals surface area contributed by atoms with Crippen LogP contribution in [0, 0.1) is 5.92 Å². The molecular weight excluding hydrogens is 260 g/mol. The van der Waals surface area contributed by atoms with Gasteiger partial charge in [0.1, 0.15) is 0 Å². The van der Waals surface area contributed by atoms with E-state index in [1.165, 1.54) is 51.4 Å². The number of carbonyl (C=O) groups excluding carboxylic acids is 1. The van der Waals surface area contributed by atoms with Crippen molar-refractivity contribution in [3.05, 3.63) is 0 Å². The molecule has 122 valence electrons. The van der Waals surface area contributed by atoms with Crippen molar-refractivity contribution in [2.24, 2.45) is 5.92 Å². The Hall–Kier alpha value is -0.570. The fourth-order valence-corrected chi connectivity index (χ4v) is 4.21. The smallest absolute Gasteiger partial charge is 0.241 e. The van der Waals surface area contributed by atoms with E-state index in [-0.39, 0.29) is 6.04 Å². The summed E-state index contributed by atoms with van der Waals surface area (Å²) >= 11 is 0. The van der Waals surface area contributed by atoms with E-state index in [1.54, 1.807) is 0 Å². The summed E-state index contributed by atoms with van der Waals surface area (Å²) in [5.74, 6) is 1.07. The summed E-state index contributed by atoms with van der Waals surface area (Å²) in [6.45, 7) is 6.62. The van der Waals surface area contributed by atoms with Gasteiger partial charge in [-0.3, -0.25) is 10.1 Å². The molecule has 3 atom stereocenters. The molecule has 3 nitrogen and oxygen atoms in total. The minimum Gasteiger partial charge on any atom is -0.323 e. The predicted octanol–water partition coefficient (Wildman–Crippen LogP) is 4.07. The van der Waals surface area contributed by atoms with Gasteiger partial charge in [0.25, 0.3) is 0 Å². The molecule has 1 amide bonds. The van der Waals surface area contributed by atoms with E-state index in [0.717, 1.165) is 12.8 Å². The van der Waals surface area contributed by atoms with E-state index in [4.69, 9.17) is 0 Å². The maximum atomic E-state index is 12.8. The number of amides is 1. The van der Waals surface area contributed by atoms with Crippen molar-refractivity contribution >= 4 is 5.91 Å². The van der Waals surface area contributed by atoms with Crippen LogP contribution < -0.4 is 5.32 Å². The second-order valence-electron chi connectivity index (χ2n) is 6.95. The number of carbonyl (C=O) groups is 1. The first-order valence-corrected chi connectivity index (χ1v) is 9.31. The molecule has 1 aliphatic carbocycles. The van der Waals surface area contributed by atoms with Crippen molar-refractivity contribution in [3.8, 4) is 0 Å². The van der Waals surface area contributed by atoms with Gasteiger partial charge in [-0.2, -0.15) is 0 Å². The van der Waals surface area contributed by atoms with Crippen LogP contribution in [0.5, 0.6) is 0 Å². The lowest BCUT2D eigenvalue weighted by atomic mass is 9.98. The van der Waals surface area contributed by atoms with Crippen molar-refractivity contribution in [2.75, 3.05) is 0 Å². The average Bonchev–Trinajstić information content (AvgIpc) is 3.11. The Morgan fingerprint density at radius 3 is 2.43 bits per heavy atom. The third-order valence-corrected chi connectivity index (χ3v) is 5.39. The van der Waals surface area contributed by atoms with Crippen LogP contribution in [0.15, 0.2) is 0 Å². The minimum absolute atomic E-state index is 0.0663. The highest BCUT2D eigenvalue weighted by atomic mass is 16.2. The summed E-state index contributed by atoms with van der Waals surface area (Å²) < 4.78 is 0. The summed E-state index contributed by atoms with van der Waals surface area (Å²) in [5.41, 5.74) is 0. The van der Waals surface area contributed by atoms with Crippen molar-refractivity contribution in [3.63, 3.8) is 0 Å². The Balaban J connectivity index is 2.13. The first-order valence-electron chi connectivity index (χ1n) is 9.31. The maximum Gasteiger partial charge on any atom is 0.241 e. The zero-order valence-corrected chi connectivity index (χ0v) is 14.2. The molecule has 2 rings (SSSR count). The van der Waals surface area contributed by atoms with Gasteiger partial charge in [-0.1, -0.05) is 52.9 Å². The van der Waals surface area contributed by atoms with Crippen LogP contribution in [0.25, 0.3) is 0 Å². The maximum absolute atomic E-state index is 12.8. The Kier molecular flexibility index (Phi) is 6.53. The van der Waals surface area contributed by atoms with Gasteiger partial charge in [-0.15, -0.1) is 0 Å². The number of rotatable bonds is 8. The standard InChI is InChI=1S/C18H34N2O/c1-4-7-13-15(10-5-2)20-17(14-11-8-9-12-14)19-16(6-3)18(20)21/h14-17,19H,4-13H2,1-3H3. The summed E-state index contributed by atoms with van der Waals surface area (Å²) in [4.78, 5) is 15.1. The Bertz CT molecular complexity index is 325. The molecule has 2 fully saturated rings. The van der Waals surface area contributed by atoms with E-state index in [1.807, 2.05) is 0 Å². The number of hydrogen-bond donors (Lipinski definition) is 1. The van der Waals surface area contributed by atoms with Gasteiger partial charge >= 0.3 is 0 Å². The highest BCUT2D eigenvalue weighted by Crippen LogP contribution is 2.34. The van der Waals surface area contributed by atoms with E-state index in [9.17, 15) is 4.79 Å². The fourth-order valence-electron chi connectivity index (χ4n) is 4.21. The SMILES string of the molecule is CCCCC(CCC)N1C(=O)C(CC)NC1C1CCCC1. The lowest BCUT2D eigenvalue weighted by Crippen LogP contribution is -2.48. The van der Waals surface area contributed by atoms with Crippen LogP contribution in [0.3, 0.4) is 0 Å². The molecule has 3 heteroatoms. The van der Waals surface area contributed by atoms with Gasteiger partial charge in [0.05, 0.1) is 12.2 Å². The number of hydrogen-bond acceptors (Lipinski definition) is 2. The summed E-state index contributed by atoms with van der Waals surface area (Å²) in [7, 11) is 0. The third kappa shape index (κ3) is 3.80. The summed E-state index contributed by atoms with van der Waals surface area (Å²) in [5, 5.41) is 3.67. The van der Waals surface area contributed by atoms with Crippen LogP contribution in [0.4, 0.5) is 0 Å². The molecular formula is C18H34N2O. The number of nitrogens with zero attached hydrogens (tertiary/aromatic N) is 1. The van der Waals surface area contributed by atoms with Crippen molar-refractivity contribution in [1.82, 2.24) is 10.2 Å². The van der Waals surface area contributed by atoms with Crippen molar-refractivity contribution in [2.45, 2.75) is 103 Å². The van der Waals surface area contributed by atoms with Gasteiger partial charge in [-0.25, -0.2) is 0 Å². The van der Waals surface area contributed by atoms with Gasteiger partial charge in [-0.05, 0) is 38.0 Å². The molecule has 0 bridgehead atoms. The molecule has 0 spiro atoms. The molecule has 1 N–H and O–H groups in total. The minimum atomic E-state index is 0.0663. The molecule has 0 radical (unpaired) electrons. The first kappa shape index (κ1) is 16.8. The Labute approximate surface area is 130 Å². The first-order chi connectivity index (χ1) is 10.2. The van der Waals surface area contributed by atoms with Crippen LogP contribution in [0.2, 0.25) is 0 Å². The predicted molar refractivity (Wildman–Crippen MR) is 88.0 cm³/mol. The van der Waals surface area contributed by atoms with Crippen molar-refractivity contribution in [1.29, 1.82) is 0 Å². The van der Waals surface area contributed by atoms with Crippen LogP contribution >= 0.6 is 0 Å². The summed E-state index contributed by atoms with van der Waals surface area (Å²) in [6, 6.07) is 0.522. The molecule has 1 saturated carbocycles. The van der Waals surface area contributed by atoms with Gasteiger partial charge < -0.3 is 4.90 Å². The van der Waals surface area contributed by atoms with Gasteiger partial charge in [0.15, 0.2) is 0 Å². The Morgan fingerprint density at radius 2 is 1.86 bits per heavy atom. The van der Waals surface area contributed by atoms with Crippen molar-refractivity contribution < 1.29 is 4.79 Å².